The molecule has 10 heteroatoms. The van der Waals surface area contributed by atoms with Gasteiger partial charge in [-0.05, 0) is 36.3 Å². The molecule has 0 fully saturated rings. The highest BCUT2D eigenvalue weighted by Crippen LogP contribution is 2.21. The second-order valence-electron chi connectivity index (χ2n) is 6.19. The number of alkyl halides is 3. The minimum Gasteiger partial charge on any atom is -0.331 e. The summed E-state index contributed by atoms with van der Waals surface area (Å²) in [7, 11) is 0. The van der Waals surface area contributed by atoms with Crippen molar-refractivity contribution in [1.82, 2.24) is 4.90 Å². The van der Waals surface area contributed by atoms with E-state index in [-0.39, 0.29) is 18.8 Å². The fourth-order valence-electron chi connectivity index (χ4n) is 2.57. The summed E-state index contributed by atoms with van der Waals surface area (Å²) in [5.41, 5.74) is 1.09. The molecular formula is C20H18F3N3O4. The van der Waals surface area contributed by atoms with Gasteiger partial charge in [0.15, 0.2) is 0 Å². The van der Waals surface area contributed by atoms with Gasteiger partial charge in [0, 0.05) is 37.0 Å². The highest BCUT2D eigenvalue weighted by atomic mass is 19.4. The third kappa shape index (κ3) is 6.43. The number of carbonyl (C=O) groups is 2. The van der Waals surface area contributed by atoms with Crippen molar-refractivity contribution in [3.05, 3.63) is 75.8 Å². The number of carbonyl (C=O) groups excluding carboxylic acids is 2. The van der Waals surface area contributed by atoms with Crippen LogP contribution in [0.1, 0.15) is 18.1 Å². The maximum atomic E-state index is 12.6. The number of benzene rings is 2. The maximum Gasteiger partial charge on any atom is 0.471 e. The molecule has 0 saturated carbocycles. The molecule has 0 unspecified atom stereocenters. The SMILES string of the molecule is CCN(Cc1cccc(NC(=O)/C=C/c2cccc([N+](=O)[O-])c2)c1)C(=O)C(F)(F)F. The van der Waals surface area contributed by atoms with E-state index in [4.69, 9.17) is 0 Å². The average molecular weight is 421 g/mol. The summed E-state index contributed by atoms with van der Waals surface area (Å²) in [4.78, 5) is 34.4. The van der Waals surface area contributed by atoms with Gasteiger partial charge in [0.2, 0.25) is 5.91 Å². The van der Waals surface area contributed by atoms with Gasteiger partial charge >= 0.3 is 12.1 Å². The van der Waals surface area contributed by atoms with Gasteiger partial charge in [0.1, 0.15) is 0 Å². The predicted octanol–water partition coefficient (Wildman–Crippen LogP) is 4.16. The number of hydrogen-bond donors (Lipinski definition) is 1. The summed E-state index contributed by atoms with van der Waals surface area (Å²) in [5.74, 6) is -2.46. The molecule has 158 valence electrons. The number of non-ortho nitro benzene ring substituents is 1. The number of nitrogens with zero attached hydrogens (tertiary/aromatic N) is 2. The molecule has 7 nitrogen and oxygen atoms in total. The zero-order chi connectivity index (χ0) is 22.3. The first-order valence-electron chi connectivity index (χ1n) is 8.78. The van der Waals surface area contributed by atoms with Crippen LogP contribution in [0.25, 0.3) is 6.08 Å². The minimum atomic E-state index is -4.96. The van der Waals surface area contributed by atoms with Crippen molar-refractivity contribution in [1.29, 1.82) is 0 Å². The van der Waals surface area contributed by atoms with E-state index in [2.05, 4.69) is 5.32 Å². The van der Waals surface area contributed by atoms with Gasteiger partial charge in [-0.15, -0.1) is 0 Å². The lowest BCUT2D eigenvalue weighted by atomic mass is 10.1. The summed E-state index contributed by atoms with van der Waals surface area (Å²) < 4.78 is 37.9. The van der Waals surface area contributed by atoms with Gasteiger partial charge in [-0.2, -0.15) is 13.2 Å². The van der Waals surface area contributed by atoms with Crippen LogP contribution in [0.2, 0.25) is 0 Å². The monoisotopic (exact) mass is 421 g/mol. The molecule has 0 spiro atoms. The second kappa shape index (κ2) is 9.68. The topological polar surface area (TPSA) is 92.6 Å². The van der Waals surface area contributed by atoms with Crippen LogP contribution in [0.5, 0.6) is 0 Å². The predicted molar refractivity (Wildman–Crippen MR) is 104 cm³/mol. The standard InChI is InChI=1S/C20H18F3N3O4/c1-2-25(19(28)20(21,22)23)13-15-6-3-7-16(11-15)24-18(27)10-9-14-5-4-8-17(12-14)26(29)30/h3-12H,2,13H2,1H3,(H,24,27)/b10-9+. The molecule has 0 bridgehead atoms. The normalized spacial score (nSPS) is 11.3. The van der Waals surface area contributed by atoms with Crippen LogP contribution in [0, 0.1) is 10.1 Å². The first-order chi connectivity index (χ1) is 14.1. The van der Waals surface area contributed by atoms with Crippen LogP contribution in [-0.4, -0.2) is 34.4 Å². The van der Waals surface area contributed by atoms with E-state index in [1.807, 2.05) is 0 Å². The average Bonchev–Trinajstić information content (AvgIpc) is 2.69. The van der Waals surface area contributed by atoms with Crippen LogP contribution < -0.4 is 5.32 Å². The number of rotatable bonds is 7. The van der Waals surface area contributed by atoms with E-state index < -0.39 is 22.9 Å². The van der Waals surface area contributed by atoms with Crippen LogP contribution >= 0.6 is 0 Å². The third-order valence-corrected chi connectivity index (χ3v) is 3.99. The smallest absolute Gasteiger partial charge is 0.331 e. The Kier molecular flexibility index (Phi) is 7.29. The Morgan fingerprint density at radius 2 is 1.87 bits per heavy atom. The first kappa shape index (κ1) is 22.6. The number of nitro groups is 1. The van der Waals surface area contributed by atoms with Crippen LogP contribution in [0.15, 0.2) is 54.6 Å². The second-order valence-corrected chi connectivity index (χ2v) is 6.19. The lowest BCUT2D eigenvalue weighted by molar-refractivity contribution is -0.384. The molecule has 0 aromatic heterocycles. The highest BCUT2D eigenvalue weighted by Gasteiger charge is 2.41. The van der Waals surface area contributed by atoms with E-state index >= 15 is 0 Å². The molecule has 2 aromatic rings. The molecule has 0 radical (unpaired) electrons. The molecule has 30 heavy (non-hydrogen) atoms. The van der Waals surface area contributed by atoms with Gasteiger partial charge in [-0.25, -0.2) is 0 Å². The number of halogens is 3. The lowest BCUT2D eigenvalue weighted by Crippen LogP contribution is -2.40. The van der Waals surface area contributed by atoms with Gasteiger partial charge in [-0.3, -0.25) is 19.7 Å². The van der Waals surface area contributed by atoms with Crippen molar-refractivity contribution >= 4 is 29.3 Å². The van der Waals surface area contributed by atoms with E-state index in [0.717, 1.165) is 0 Å². The summed E-state index contributed by atoms with van der Waals surface area (Å²) in [6, 6.07) is 11.8. The third-order valence-electron chi connectivity index (χ3n) is 3.99. The summed E-state index contributed by atoms with van der Waals surface area (Å²) in [5, 5.41) is 13.3. The fourth-order valence-corrected chi connectivity index (χ4v) is 2.57. The van der Waals surface area contributed by atoms with Crippen molar-refractivity contribution in [2.45, 2.75) is 19.6 Å². The molecule has 0 heterocycles. The van der Waals surface area contributed by atoms with Crippen LogP contribution in [0.3, 0.4) is 0 Å². The van der Waals surface area contributed by atoms with E-state index in [9.17, 15) is 32.9 Å². The van der Waals surface area contributed by atoms with E-state index in [0.29, 0.717) is 21.7 Å². The minimum absolute atomic E-state index is 0.112. The van der Waals surface area contributed by atoms with Gasteiger partial charge in [0.25, 0.3) is 5.69 Å². The Bertz CT molecular complexity index is 974. The fraction of sp³-hybridized carbons (Fsp3) is 0.200. The molecule has 0 atom stereocenters. The zero-order valence-electron chi connectivity index (χ0n) is 15.8. The zero-order valence-corrected chi connectivity index (χ0v) is 15.8. The number of anilines is 1. The number of hydrogen-bond acceptors (Lipinski definition) is 4. The number of nitro benzene ring substituents is 1. The molecule has 0 aliphatic carbocycles. The Morgan fingerprint density at radius 1 is 1.17 bits per heavy atom. The summed E-state index contributed by atoms with van der Waals surface area (Å²) in [6.07, 6.45) is -2.39. The van der Waals surface area contributed by atoms with Crippen molar-refractivity contribution in [3.8, 4) is 0 Å². The van der Waals surface area contributed by atoms with Crippen molar-refractivity contribution in [3.63, 3.8) is 0 Å². The summed E-state index contributed by atoms with van der Waals surface area (Å²) in [6.45, 7) is 1.05. The van der Waals surface area contributed by atoms with Crippen molar-refractivity contribution < 1.29 is 27.7 Å². The van der Waals surface area contributed by atoms with Gasteiger partial charge in [0.05, 0.1) is 4.92 Å². The Hall–Kier alpha value is -3.69. The summed E-state index contributed by atoms with van der Waals surface area (Å²) >= 11 is 0. The number of amides is 2. The van der Waals surface area contributed by atoms with Gasteiger partial charge in [-0.1, -0.05) is 24.3 Å². The lowest BCUT2D eigenvalue weighted by Gasteiger charge is -2.22. The van der Waals surface area contributed by atoms with E-state index in [1.54, 1.807) is 24.3 Å². The molecule has 2 aromatic carbocycles. The molecule has 2 rings (SSSR count). The molecule has 1 N–H and O–H groups in total. The Morgan fingerprint density at radius 3 is 2.50 bits per heavy atom. The van der Waals surface area contributed by atoms with Crippen LogP contribution in [-0.2, 0) is 16.1 Å². The Balaban J connectivity index is 2.05. The van der Waals surface area contributed by atoms with Gasteiger partial charge < -0.3 is 10.2 Å². The maximum absolute atomic E-state index is 12.6. The number of nitrogens with one attached hydrogen (secondary N) is 1. The largest absolute Gasteiger partial charge is 0.471 e. The molecule has 0 aliphatic heterocycles. The highest BCUT2D eigenvalue weighted by molar-refractivity contribution is 6.02. The molecule has 2 amide bonds. The van der Waals surface area contributed by atoms with E-state index in [1.165, 1.54) is 43.3 Å². The Labute approximate surface area is 170 Å². The molecule has 0 saturated heterocycles. The van der Waals surface area contributed by atoms with Crippen molar-refractivity contribution in [2.75, 3.05) is 11.9 Å². The molecule has 0 aliphatic rings. The van der Waals surface area contributed by atoms with Crippen molar-refractivity contribution in [2.24, 2.45) is 0 Å². The quantitative estimate of drug-likeness (QED) is 0.413. The molecular weight excluding hydrogens is 403 g/mol. The van der Waals surface area contributed by atoms with Crippen LogP contribution in [0.4, 0.5) is 24.5 Å². The first-order valence-corrected chi connectivity index (χ1v) is 8.78.